The van der Waals surface area contributed by atoms with Gasteiger partial charge in [-0.15, -0.1) is 0 Å². The average molecular weight is 244 g/mol. The summed E-state index contributed by atoms with van der Waals surface area (Å²) in [7, 11) is 1.44. The number of rotatable bonds is 2. The Morgan fingerprint density at radius 1 is 1.38 bits per heavy atom. The topological polar surface area (TPSA) is 35.2 Å². The van der Waals surface area contributed by atoms with E-state index in [1.807, 2.05) is 0 Å². The van der Waals surface area contributed by atoms with Crippen molar-refractivity contribution >= 4 is 11.6 Å². The van der Waals surface area contributed by atoms with E-state index in [9.17, 15) is 4.39 Å². The van der Waals surface area contributed by atoms with E-state index in [1.54, 1.807) is 12.1 Å². The first kappa shape index (κ1) is 11.7. The number of hydrogen-bond donors (Lipinski definition) is 1. The summed E-state index contributed by atoms with van der Waals surface area (Å²) in [6.45, 7) is 0. The summed E-state index contributed by atoms with van der Waals surface area (Å²) in [5.74, 6) is -0.324. The number of nitrogens with two attached hydrogens (primary N) is 1. The van der Waals surface area contributed by atoms with Crippen LogP contribution in [-0.4, -0.2) is 7.11 Å². The van der Waals surface area contributed by atoms with E-state index in [2.05, 4.69) is 0 Å². The third-order valence-electron chi connectivity index (χ3n) is 3.29. The quantitative estimate of drug-likeness (QED) is 0.866. The molecule has 2 N–H and O–H groups in total. The van der Waals surface area contributed by atoms with Gasteiger partial charge in [0.2, 0.25) is 0 Å². The predicted octanol–water partition coefficient (Wildman–Crippen LogP) is 3.22. The predicted molar refractivity (Wildman–Crippen MR) is 62.3 cm³/mol. The van der Waals surface area contributed by atoms with Crippen LogP contribution in [0.4, 0.5) is 4.39 Å². The van der Waals surface area contributed by atoms with Gasteiger partial charge in [-0.25, -0.2) is 4.39 Å². The summed E-state index contributed by atoms with van der Waals surface area (Å²) in [5.41, 5.74) is 6.56. The Morgan fingerprint density at radius 2 is 2.00 bits per heavy atom. The van der Waals surface area contributed by atoms with Crippen LogP contribution in [0.1, 0.15) is 31.2 Å². The molecule has 4 heteroatoms. The first-order chi connectivity index (χ1) is 7.58. The van der Waals surface area contributed by atoms with Crippen molar-refractivity contribution in [1.29, 1.82) is 0 Å². The van der Waals surface area contributed by atoms with Crippen molar-refractivity contribution in [3.05, 3.63) is 28.5 Å². The molecule has 0 bridgehead atoms. The van der Waals surface area contributed by atoms with Gasteiger partial charge in [-0.05, 0) is 18.9 Å². The average Bonchev–Trinajstić information content (AvgIpc) is 2.70. The molecule has 0 atom stereocenters. The highest BCUT2D eigenvalue weighted by molar-refractivity contribution is 6.30. The summed E-state index contributed by atoms with van der Waals surface area (Å²) < 4.78 is 18.9. The van der Waals surface area contributed by atoms with Gasteiger partial charge in [-0.3, -0.25) is 0 Å². The lowest BCUT2D eigenvalue weighted by Gasteiger charge is -2.26. The molecular weight excluding hydrogens is 229 g/mol. The van der Waals surface area contributed by atoms with Crippen LogP contribution in [-0.2, 0) is 5.54 Å². The van der Waals surface area contributed by atoms with E-state index in [0.717, 1.165) is 31.2 Å². The lowest BCUT2D eigenvalue weighted by atomic mass is 9.88. The normalized spacial score (nSPS) is 18.8. The van der Waals surface area contributed by atoms with E-state index in [0.29, 0.717) is 0 Å². The number of benzene rings is 1. The molecule has 0 unspecified atom stereocenters. The molecule has 0 aliphatic heterocycles. The molecule has 1 aromatic carbocycles. The molecule has 1 aliphatic carbocycles. The number of ether oxygens (including phenoxy) is 1. The van der Waals surface area contributed by atoms with Gasteiger partial charge >= 0.3 is 0 Å². The molecule has 16 heavy (non-hydrogen) atoms. The van der Waals surface area contributed by atoms with Gasteiger partial charge in [0.15, 0.2) is 11.6 Å². The summed E-state index contributed by atoms with van der Waals surface area (Å²) in [4.78, 5) is 0. The third kappa shape index (κ3) is 1.78. The highest BCUT2D eigenvalue weighted by Gasteiger charge is 2.35. The number of hydrogen-bond acceptors (Lipinski definition) is 2. The van der Waals surface area contributed by atoms with Gasteiger partial charge in [0, 0.05) is 11.1 Å². The van der Waals surface area contributed by atoms with E-state index in [-0.39, 0.29) is 10.8 Å². The van der Waals surface area contributed by atoms with Crippen LogP contribution in [0.25, 0.3) is 0 Å². The maximum Gasteiger partial charge on any atom is 0.183 e. The van der Waals surface area contributed by atoms with Gasteiger partial charge in [0.25, 0.3) is 0 Å². The summed E-state index contributed by atoms with van der Waals surface area (Å²) in [6.07, 6.45) is 3.88. The van der Waals surface area contributed by atoms with Gasteiger partial charge in [-0.1, -0.05) is 30.5 Å². The minimum Gasteiger partial charge on any atom is -0.493 e. The van der Waals surface area contributed by atoms with E-state index >= 15 is 0 Å². The monoisotopic (exact) mass is 243 g/mol. The van der Waals surface area contributed by atoms with Crippen LogP contribution in [0.3, 0.4) is 0 Å². The fraction of sp³-hybridized carbons (Fsp3) is 0.500. The fourth-order valence-corrected chi connectivity index (χ4v) is 2.55. The first-order valence-electron chi connectivity index (χ1n) is 5.40. The molecule has 1 saturated carbocycles. The molecule has 1 aliphatic rings. The Bertz CT molecular complexity index is 402. The molecule has 0 spiro atoms. The van der Waals surface area contributed by atoms with Crippen LogP contribution in [0.15, 0.2) is 12.1 Å². The van der Waals surface area contributed by atoms with Crippen molar-refractivity contribution < 1.29 is 9.13 Å². The number of halogens is 2. The van der Waals surface area contributed by atoms with Crippen molar-refractivity contribution in [3.8, 4) is 5.75 Å². The van der Waals surface area contributed by atoms with E-state index < -0.39 is 11.4 Å². The van der Waals surface area contributed by atoms with Crippen molar-refractivity contribution in [2.45, 2.75) is 31.2 Å². The molecule has 1 aromatic rings. The Balaban J connectivity index is 2.52. The maximum absolute atomic E-state index is 13.8. The molecule has 1 fully saturated rings. The highest BCUT2D eigenvalue weighted by Crippen LogP contribution is 2.42. The molecule has 2 nitrogen and oxygen atoms in total. The van der Waals surface area contributed by atoms with Crippen LogP contribution in [0.2, 0.25) is 5.02 Å². The third-order valence-corrected chi connectivity index (χ3v) is 3.58. The first-order valence-corrected chi connectivity index (χ1v) is 5.77. The van der Waals surface area contributed by atoms with Crippen LogP contribution in [0.5, 0.6) is 5.75 Å². The summed E-state index contributed by atoms with van der Waals surface area (Å²) >= 11 is 5.72. The molecule has 0 heterocycles. The minimum atomic E-state index is -0.515. The second-order valence-corrected chi connectivity index (χ2v) is 4.71. The van der Waals surface area contributed by atoms with Crippen LogP contribution >= 0.6 is 11.6 Å². The zero-order chi connectivity index (χ0) is 11.8. The van der Waals surface area contributed by atoms with Crippen LogP contribution in [0, 0.1) is 5.82 Å². The highest BCUT2D eigenvalue weighted by atomic mass is 35.5. The Labute approximate surface area is 99.5 Å². The second kappa shape index (κ2) is 4.22. The lowest BCUT2D eigenvalue weighted by Crippen LogP contribution is -2.33. The van der Waals surface area contributed by atoms with E-state index in [4.69, 9.17) is 22.1 Å². The van der Waals surface area contributed by atoms with Crippen molar-refractivity contribution in [1.82, 2.24) is 0 Å². The smallest absolute Gasteiger partial charge is 0.183 e. The Hall–Kier alpha value is -0.800. The molecule has 0 saturated heterocycles. The zero-order valence-electron chi connectivity index (χ0n) is 9.22. The van der Waals surface area contributed by atoms with Crippen LogP contribution < -0.4 is 10.5 Å². The van der Waals surface area contributed by atoms with Gasteiger partial charge < -0.3 is 10.5 Å². The SMILES string of the molecule is COc1c(C2(N)CCCC2)ccc(Cl)c1F. The molecule has 2 rings (SSSR count). The molecule has 88 valence electrons. The number of methoxy groups -OCH3 is 1. The standard InChI is InChI=1S/C12H15ClFNO/c1-16-11-8(4-5-9(13)10(11)14)12(15)6-2-3-7-12/h4-5H,2-3,6-7,15H2,1H3. The largest absolute Gasteiger partial charge is 0.493 e. The summed E-state index contributed by atoms with van der Waals surface area (Å²) in [5, 5.41) is 0.0715. The zero-order valence-corrected chi connectivity index (χ0v) is 9.98. The molecule has 0 radical (unpaired) electrons. The van der Waals surface area contributed by atoms with Gasteiger partial charge in [0.05, 0.1) is 12.1 Å². The van der Waals surface area contributed by atoms with Gasteiger partial charge in [0.1, 0.15) is 0 Å². The maximum atomic E-state index is 13.8. The fourth-order valence-electron chi connectivity index (χ4n) is 2.40. The molecule has 0 amide bonds. The Kier molecular flexibility index (Phi) is 3.08. The van der Waals surface area contributed by atoms with Gasteiger partial charge in [-0.2, -0.15) is 0 Å². The van der Waals surface area contributed by atoms with Crippen molar-refractivity contribution in [3.63, 3.8) is 0 Å². The Morgan fingerprint density at radius 3 is 2.56 bits per heavy atom. The molecule has 0 aromatic heterocycles. The van der Waals surface area contributed by atoms with Crippen molar-refractivity contribution in [2.75, 3.05) is 7.11 Å². The lowest BCUT2D eigenvalue weighted by molar-refractivity contribution is 0.357. The van der Waals surface area contributed by atoms with E-state index in [1.165, 1.54) is 7.11 Å². The summed E-state index contributed by atoms with van der Waals surface area (Å²) in [6, 6.07) is 3.32. The second-order valence-electron chi connectivity index (χ2n) is 4.31. The molecular formula is C12H15ClFNO. The minimum absolute atomic E-state index is 0.0715. The van der Waals surface area contributed by atoms with Crippen molar-refractivity contribution in [2.24, 2.45) is 5.73 Å².